The Bertz CT molecular complexity index is 272. The molecule has 0 aromatic heterocycles. The molecular weight excluding hydrogens is 319 g/mol. The van der Waals surface area contributed by atoms with Crippen LogP contribution >= 0.6 is 35.2 Å². The highest BCUT2D eigenvalue weighted by Crippen LogP contribution is 2.33. The molecule has 5 nitrogen and oxygen atoms in total. The van der Waals surface area contributed by atoms with Crippen LogP contribution in [0.25, 0.3) is 0 Å². The monoisotopic (exact) mass is 330 g/mol. The third-order valence-electron chi connectivity index (χ3n) is 2.07. The normalized spacial score (nSPS) is 32.0. The Morgan fingerprint density at radius 2 is 2.29 bits per heavy atom. The van der Waals surface area contributed by atoms with Gasteiger partial charge in [0.1, 0.15) is 9.65 Å². The van der Waals surface area contributed by atoms with Crippen LogP contribution in [0.2, 0.25) is 0 Å². The van der Waals surface area contributed by atoms with Crippen molar-refractivity contribution in [1.82, 2.24) is 4.90 Å². The summed E-state index contributed by atoms with van der Waals surface area (Å²) in [5, 5.41) is 9.28. The van der Waals surface area contributed by atoms with Crippen LogP contribution in [-0.4, -0.2) is 43.8 Å². The minimum Gasteiger partial charge on any atom is -0.378 e. The minimum atomic E-state index is -1.05. The number of rotatable bonds is 2. The summed E-state index contributed by atoms with van der Waals surface area (Å²) in [4.78, 5) is 23.7. The van der Waals surface area contributed by atoms with Crippen LogP contribution in [0.5, 0.6) is 0 Å². The van der Waals surface area contributed by atoms with Crippen molar-refractivity contribution in [2.45, 2.75) is 16.1 Å². The second-order valence-electron chi connectivity index (χ2n) is 3.20. The van der Waals surface area contributed by atoms with E-state index in [0.29, 0.717) is 0 Å². The molecule has 1 amide bonds. The first-order chi connectivity index (χ1) is 6.37. The lowest BCUT2D eigenvalue weighted by atomic mass is 10.2. The Morgan fingerprint density at radius 3 is 2.71 bits per heavy atom. The molecule has 1 aliphatic rings. The number of carbonyl (C=O) groups excluding carboxylic acids is 2. The zero-order valence-electron chi connectivity index (χ0n) is 7.31. The third-order valence-corrected chi connectivity index (χ3v) is 3.15. The Kier molecular flexibility index (Phi) is 3.78. The lowest BCUT2D eigenvalue weighted by Gasteiger charge is -2.20. The van der Waals surface area contributed by atoms with E-state index in [0.717, 1.165) is 0 Å². The molecule has 0 saturated carbocycles. The fourth-order valence-electron chi connectivity index (χ4n) is 1.44. The lowest BCUT2D eigenvalue weighted by Crippen LogP contribution is -2.42. The summed E-state index contributed by atoms with van der Waals surface area (Å²) < 4.78 is -1.05. The highest BCUT2D eigenvalue weighted by molar-refractivity contribution is 14.1. The van der Waals surface area contributed by atoms with Gasteiger partial charge >= 0.3 is 0 Å². The first-order valence-electron chi connectivity index (χ1n) is 4.01. The molecule has 0 bridgehead atoms. The first kappa shape index (κ1) is 12.2. The van der Waals surface area contributed by atoms with E-state index in [2.05, 4.69) is 12.6 Å². The number of halogens is 1. The topological polar surface area (TPSA) is 83.6 Å². The number of nitrogens with two attached hydrogens (primary N) is 1. The van der Waals surface area contributed by atoms with Gasteiger partial charge in [-0.2, -0.15) is 0 Å². The summed E-state index contributed by atoms with van der Waals surface area (Å²) in [5.41, 5.74) is 5.19. The molecule has 0 spiro atoms. The average Bonchev–Trinajstić information content (AvgIpc) is 2.40. The van der Waals surface area contributed by atoms with E-state index in [-0.39, 0.29) is 25.4 Å². The maximum absolute atomic E-state index is 11.3. The molecule has 0 unspecified atom stereocenters. The molecule has 2 atom stereocenters. The van der Waals surface area contributed by atoms with Crippen molar-refractivity contribution in [3.05, 3.63) is 0 Å². The summed E-state index contributed by atoms with van der Waals surface area (Å²) in [6, 6.07) is -0.656. The van der Waals surface area contributed by atoms with Crippen molar-refractivity contribution in [1.29, 1.82) is 0 Å². The summed E-state index contributed by atoms with van der Waals surface area (Å²) in [5.74, 6) is -0.343. The predicted molar refractivity (Wildman–Crippen MR) is 62.1 cm³/mol. The number of aliphatic hydroxyl groups is 1. The molecule has 3 N–H and O–H groups in total. The molecule has 0 aliphatic carbocycles. The van der Waals surface area contributed by atoms with Gasteiger partial charge in [-0.1, -0.05) is 0 Å². The average molecular weight is 330 g/mol. The highest BCUT2D eigenvalue weighted by Gasteiger charge is 2.44. The fourth-order valence-corrected chi connectivity index (χ4v) is 2.46. The van der Waals surface area contributed by atoms with Gasteiger partial charge in [-0.05, 0) is 22.6 Å². The van der Waals surface area contributed by atoms with E-state index in [1.807, 2.05) is 22.6 Å². The molecule has 1 aliphatic heterocycles. The third kappa shape index (κ3) is 2.59. The molecule has 0 aromatic rings. The Morgan fingerprint density at radius 1 is 1.71 bits per heavy atom. The van der Waals surface area contributed by atoms with E-state index < -0.39 is 14.8 Å². The molecule has 1 saturated heterocycles. The van der Waals surface area contributed by atoms with Crippen LogP contribution < -0.4 is 5.73 Å². The van der Waals surface area contributed by atoms with Gasteiger partial charge in [-0.3, -0.25) is 9.59 Å². The standard InChI is InChI=1S/C7H11IN2O3S/c8-7(13)1-4(6(12)14)10(3-7)5(11)2-9/h4,13H,1-3,9H2,(H,12,14)/t4-,7-/m0/s1. The summed E-state index contributed by atoms with van der Waals surface area (Å²) >= 11 is 5.49. The maximum Gasteiger partial charge on any atom is 0.237 e. The largest absolute Gasteiger partial charge is 0.378 e. The van der Waals surface area contributed by atoms with Crippen molar-refractivity contribution >= 4 is 46.2 Å². The SMILES string of the molecule is NCC(=O)N1C[C@](O)(I)C[C@H]1C(=O)S. The number of hydrogen-bond donors (Lipinski definition) is 3. The molecule has 1 rings (SSSR count). The van der Waals surface area contributed by atoms with Crippen molar-refractivity contribution in [3.63, 3.8) is 0 Å². The first-order valence-corrected chi connectivity index (χ1v) is 5.53. The second-order valence-corrected chi connectivity index (χ2v) is 5.65. The number of alkyl halides is 1. The van der Waals surface area contributed by atoms with Gasteiger partial charge in [0.2, 0.25) is 11.0 Å². The number of carbonyl (C=O) groups is 2. The maximum atomic E-state index is 11.3. The molecule has 80 valence electrons. The van der Waals surface area contributed by atoms with E-state index in [4.69, 9.17) is 5.73 Å². The molecule has 1 heterocycles. The Hall–Kier alpha value is 0.140. The van der Waals surface area contributed by atoms with E-state index in [1.54, 1.807) is 0 Å². The van der Waals surface area contributed by atoms with E-state index in [9.17, 15) is 14.7 Å². The van der Waals surface area contributed by atoms with Crippen LogP contribution in [0.15, 0.2) is 0 Å². The summed E-state index contributed by atoms with van der Waals surface area (Å²) in [6.45, 7) is -0.0369. The fraction of sp³-hybridized carbons (Fsp3) is 0.714. The van der Waals surface area contributed by atoms with Gasteiger partial charge in [0, 0.05) is 6.42 Å². The molecule has 0 aromatic carbocycles. The number of likely N-dealkylation sites (tertiary alicyclic amines) is 1. The lowest BCUT2D eigenvalue weighted by molar-refractivity contribution is -0.134. The number of hydrogen-bond acceptors (Lipinski definition) is 4. The number of β-amino-alcohol motifs (C(OH)–C–C–N with tert-alkyl or cyclic N) is 1. The van der Waals surface area contributed by atoms with Crippen LogP contribution in [0.4, 0.5) is 0 Å². The van der Waals surface area contributed by atoms with Crippen molar-refractivity contribution in [3.8, 4) is 0 Å². The Balaban J connectivity index is 2.83. The highest BCUT2D eigenvalue weighted by atomic mass is 127. The molecule has 14 heavy (non-hydrogen) atoms. The van der Waals surface area contributed by atoms with Crippen molar-refractivity contribution < 1.29 is 14.7 Å². The van der Waals surface area contributed by atoms with Gasteiger partial charge in [0.25, 0.3) is 0 Å². The van der Waals surface area contributed by atoms with Crippen LogP contribution in [-0.2, 0) is 9.59 Å². The van der Waals surface area contributed by atoms with Gasteiger partial charge in [-0.15, -0.1) is 12.6 Å². The Labute approximate surface area is 101 Å². The van der Waals surface area contributed by atoms with Crippen molar-refractivity contribution in [2.24, 2.45) is 5.73 Å². The summed E-state index contributed by atoms with van der Waals surface area (Å²) in [7, 11) is 0. The quantitative estimate of drug-likeness (QED) is 0.349. The van der Waals surface area contributed by atoms with E-state index >= 15 is 0 Å². The number of nitrogens with zero attached hydrogens (tertiary/aromatic N) is 1. The summed E-state index contributed by atoms with van der Waals surface area (Å²) in [6.07, 6.45) is 0.210. The smallest absolute Gasteiger partial charge is 0.237 e. The number of thiol groups is 1. The van der Waals surface area contributed by atoms with Gasteiger partial charge in [0.05, 0.1) is 13.1 Å². The molecular formula is C7H11IN2O3S. The number of amides is 1. The van der Waals surface area contributed by atoms with Gasteiger partial charge in [-0.25, -0.2) is 0 Å². The van der Waals surface area contributed by atoms with Crippen molar-refractivity contribution in [2.75, 3.05) is 13.1 Å². The van der Waals surface area contributed by atoms with Crippen LogP contribution in [0, 0.1) is 0 Å². The van der Waals surface area contributed by atoms with Crippen LogP contribution in [0.1, 0.15) is 6.42 Å². The van der Waals surface area contributed by atoms with E-state index in [1.165, 1.54) is 4.90 Å². The second kappa shape index (κ2) is 4.33. The zero-order valence-corrected chi connectivity index (χ0v) is 10.4. The van der Waals surface area contributed by atoms with Gasteiger partial charge in [0.15, 0.2) is 0 Å². The minimum absolute atomic E-state index is 0.126. The predicted octanol–water partition coefficient (Wildman–Crippen LogP) is -0.874. The van der Waals surface area contributed by atoms with Gasteiger partial charge < -0.3 is 15.7 Å². The molecule has 0 radical (unpaired) electrons. The molecule has 1 fully saturated rings. The van der Waals surface area contributed by atoms with Crippen LogP contribution in [0.3, 0.4) is 0 Å². The zero-order chi connectivity index (χ0) is 10.9. The molecule has 7 heteroatoms.